The van der Waals surface area contributed by atoms with E-state index in [9.17, 15) is 13.2 Å². The number of aryl methyl sites for hydroxylation is 1. The highest BCUT2D eigenvalue weighted by atomic mass is 19.4. The van der Waals surface area contributed by atoms with Crippen LogP contribution in [0.4, 0.5) is 13.2 Å². The fraction of sp³-hybridized carbons (Fsp3) is 0.333. The summed E-state index contributed by atoms with van der Waals surface area (Å²) >= 11 is 0. The summed E-state index contributed by atoms with van der Waals surface area (Å²) in [7, 11) is 1.35. The molecule has 0 spiro atoms. The van der Waals surface area contributed by atoms with Gasteiger partial charge in [0, 0.05) is 19.7 Å². The van der Waals surface area contributed by atoms with Gasteiger partial charge in [-0.25, -0.2) is 0 Å². The van der Waals surface area contributed by atoms with Crippen LogP contribution in [0.3, 0.4) is 0 Å². The predicted octanol–water partition coefficient (Wildman–Crippen LogP) is 1.50. The van der Waals surface area contributed by atoms with E-state index in [-0.39, 0.29) is 5.69 Å². The van der Waals surface area contributed by atoms with Crippen LogP contribution in [-0.4, -0.2) is 9.78 Å². The lowest BCUT2D eigenvalue weighted by molar-refractivity contribution is -0.141. The van der Waals surface area contributed by atoms with Gasteiger partial charge in [0.1, 0.15) is 0 Å². The van der Waals surface area contributed by atoms with Crippen molar-refractivity contribution in [3.8, 4) is 0 Å². The predicted molar refractivity (Wildman–Crippen MR) is 31.6 cm³/mol. The molecular formula is C6H5F3N2. The Bertz CT molecular complexity index is 242. The average Bonchev–Trinajstić information content (AvgIpc) is 2.11. The summed E-state index contributed by atoms with van der Waals surface area (Å²) in [5, 5.41) is 3.15. The van der Waals surface area contributed by atoms with Crippen molar-refractivity contribution in [1.29, 1.82) is 0 Å². The molecule has 2 nitrogen and oxygen atoms in total. The fourth-order valence-corrected chi connectivity index (χ4v) is 0.620. The van der Waals surface area contributed by atoms with Crippen LogP contribution in [0, 0.1) is 6.92 Å². The highest BCUT2D eigenvalue weighted by Crippen LogP contribution is 2.27. The number of alkyl halides is 3. The molecular weight excluding hydrogens is 157 g/mol. The van der Waals surface area contributed by atoms with Crippen molar-refractivity contribution < 1.29 is 13.2 Å². The Kier molecular flexibility index (Phi) is 1.66. The first-order valence-corrected chi connectivity index (χ1v) is 2.78. The molecule has 0 amide bonds. The molecule has 1 aromatic rings. The minimum Gasteiger partial charge on any atom is -0.272 e. The van der Waals surface area contributed by atoms with Gasteiger partial charge in [0.25, 0.3) is 0 Å². The zero-order valence-electron chi connectivity index (χ0n) is 5.68. The molecule has 11 heavy (non-hydrogen) atoms. The summed E-state index contributed by atoms with van der Waals surface area (Å²) < 4.78 is 36.5. The molecule has 0 N–H and O–H groups in total. The SMILES string of the molecule is [CH]c1cc(C(F)(F)F)nn1C. The van der Waals surface area contributed by atoms with Gasteiger partial charge in [-0.3, -0.25) is 4.68 Å². The van der Waals surface area contributed by atoms with Crippen molar-refractivity contribution in [3.63, 3.8) is 0 Å². The van der Waals surface area contributed by atoms with E-state index >= 15 is 0 Å². The van der Waals surface area contributed by atoms with Gasteiger partial charge in [0.2, 0.25) is 0 Å². The Hall–Kier alpha value is -1.00. The Morgan fingerprint density at radius 3 is 2.27 bits per heavy atom. The molecule has 1 heterocycles. The first kappa shape index (κ1) is 8.10. The lowest BCUT2D eigenvalue weighted by atomic mass is 10.4. The smallest absolute Gasteiger partial charge is 0.272 e. The second-order valence-corrected chi connectivity index (χ2v) is 2.08. The van der Waals surface area contributed by atoms with E-state index in [2.05, 4.69) is 5.10 Å². The average molecular weight is 162 g/mol. The Labute approximate surface area is 61.6 Å². The van der Waals surface area contributed by atoms with Gasteiger partial charge in [0.15, 0.2) is 5.69 Å². The molecule has 0 aliphatic rings. The van der Waals surface area contributed by atoms with Crippen LogP contribution in [0.1, 0.15) is 11.4 Å². The maximum atomic E-state index is 11.8. The Morgan fingerprint density at radius 2 is 2.09 bits per heavy atom. The molecule has 0 unspecified atom stereocenters. The summed E-state index contributed by atoms with van der Waals surface area (Å²) in [5.41, 5.74) is -0.963. The van der Waals surface area contributed by atoms with Crippen molar-refractivity contribution >= 4 is 0 Å². The fourth-order valence-electron chi connectivity index (χ4n) is 0.620. The molecule has 1 aromatic heterocycles. The maximum Gasteiger partial charge on any atom is 0.435 e. The molecule has 0 fully saturated rings. The first-order valence-electron chi connectivity index (χ1n) is 2.78. The molecule has 1 rings (SSSR count). The minimum absolute atomic E-state index is 0.00248. The molecule has 5 heteroatoms. The minimum atomic E-state index is -4.41. The number of hydrogen-bond acceptors (Lipinski definition) is 1. The van der Waals surface area contributed by atoms with Crippen molar-refractivity contribution in [2.24, 2.45) is 7.05 Å². The van der Waals surface area contributed by atoms with Crippen LogP contribution in [-0.2, 0) is 13.2 Å². The number of halogens is 3. The number of nitrogens with zero attached hydrogens (tertiary/aromatic N) is 2. The molecule has 2 radical (unpaired) electrons. The van der Waals surface area contributed by atoms with Gasteiger partial charge in [-0.2, -0.15) is 18.3 Å². The highest BCUT2D eigenvalue weighted by molar-refractivity contribution is 5.14. The van der Waals surface area contributed by atoms with Gasteiger partial charge >= 0.3 is 6.18 Å². The summed E-state index contributed by atoms with van der Waals surface area (Å²) in [6.07, 6.45) is -4.41. The van der Waals surface area contributed by atoms with Crippen LogP contribution < -0.4 is 0 Å². The molecule has 0 bridgehead atoms. The lowest BCUT2D eigenvalue weighted by Crippen LogP contribution is -2.06. The molecule has 0 aromatic carbocycles. The number of rotatable bonds is 0. The lowest BCUT2D eigenvalue weighted by Gasteiger charge is -1.99. The van der Waals surface area contributed by atoms with E-state index < -0.39 is 11.9 Å². The summed E-state index contributed by atoms with van der Waals surface area (Å²) in [5.74, 6) is 0. The van der Waals surface area contributed by atoms with Crippen LogP contribution in [0.15, 0.2) is 6.07 Å². The van der Waals surface area contributed by atoms with Crippen LogP contribution in [0.2, 0.25) is 0 Å². The third kappa shape index (κ3) is 1.53. The highest BCUT2D eigenvalue weighted by Gasteiger charge is 2.33. The van der Waals surface area contributed by atoms with E-state index in [1.165, 1.54) is 7.05 Å². The largest absolute Gasteiger partial charge is 0.435 e. The standard InChI is InChI=1S/C6H5F3N2/c1-4-3-5(6(7,8)9)10-11(4)2/h1,3H,2H3. The van der Waals surface area contributed by atoms with E-state index in [4.69, 9.17) is 6.92 Å². The van der Waals surface area contributed by atoms with Crippen molar-refractivity contribution in [2.75, 3.05) is 0 Å². The second-order valence-electron chi connectivity index (χ2n) is 2.08. The molecule has 0 atom stereocenters. The summed E-state index contributed by atoms with van der Waals surface area (Å²) in [4.78, 5) is 0. The molecule has 0 saturated carbocycles. The normalized spacial score (nSPS) is 12.1. The van der Waals surface area contributed by atoms with E-state index in [0.717, 1.165) is 10.7 Å². The van der Waals surface area contributed by atoms with Crippen LogP contribution in [0.25, 0.3) is 0 Å². The third-order valence-corrected chi connectivity index (χ3v) is 1.21. The monoisotopic (exact) mass is 162 g/mol. The molecule has 0 aliphatic heterocycles. The number of hydrogen-bond donors (Lipinski definition) is 0. The van der Waals surface area contributed by atoms with Crippen molar-refractivity contribution in [1.82, 2.24) is 9.78 Å². The maximum absolute atomic E-state index is 11.8. The Balaban J connectivity index is 3.08. The summed E-state index contributed by atoms with van der Waals surface area (Å²) in [6, 6.07) is 0.792. The van der Waals surface area contributed by atoms with Crippen molar-refractivity contribution in [2.45, 2.75) is 6.18 Å². The van der Waals surface area contributed by atoms with Gasteiger partial charge in [-0.15, -0.1) is 0 Å². The van der Waals surface area contributed by atoms with Gasteiger partial charge in [-0.1, -0.05) is 0 Å². The topological polar surface area (TPSA) is 17.8 Å². The zero-order chi connectivity index (χ0) is 8.65. The molecule has 0 aliphatic carbocycles. The quantitative estimate of drug-likeness (QED) is 0.565. The summed E-state index contributed by atoms with van der Waals surface area (Å²) in [6.45, 7) is 5.14. The van der Waals surface area contributed by atoms with Gasteiger partial charge < -0.3 is 0 Å². The third-order valence-electron chi connectivity index (χ3n) is 1.21. The van der Waals surface area contributed by atoms with E-state index in [0.29, 0.717) is 0 Å². The van der Waals surface area contributed by atoms with E-state index in [1.54, 1.807) is 0 Å². The number of aromatic nitrogens is 2. The van der Waals surface area contributed by atoms with E-state index in [1.807, 2.05) is 0 Å². The van der Waals surface area contributed by atoms with Crippen LogP contribution in [0.5, 0.6) is 0 Å². The van der Waals surface area contributed by atoms with Crippen molar-refractivity contribution in [3.05, 3.63) is 24.4 Å². The van der Waals surface area contributed by atoms with Gasteiger partial charge in [-0.05, 0) is 6.07 Å². The zero-order valence-corrected chi connectivity index (χ0v) is 5.68. The molecule has 0 saturated heterocycles. The second kappa shape index (κ2) is 2.25. The first-order chi connectivity index (χ1) is 4.91. The molecule has 60 valence electrons. The Morgan fingerprint density at radius 1 is 1.55 bits per heavy atom. The van der Waals surface area contributed by atoms with Crippen LogP contribution >= 0.6 is 0 Å². The van der Waals surface area contributed by atoms with Gasteiger partial charge in [0.05, 0.1) is 0 Å².